The van der Waals surface area contributed by atoms with Crippen molar-refractivity contribution in [3.05, 3.63) is 54.1 Å². The number of carbonyl (C=O) groups is 1. The van der Waals surface area contributed by atoms with E-state index in [2.05, 4.69) is 10.2 Å². The number of hydrogen-bond acceptors (Lipinski definition) is 8. The van der Waals surface area contributed by atoms with Crippen LogP contribution in [0.5, 0.6) is 11.5 Å². The van der Waals surface area contributed by atoms with Gasteiger partial charge in [-0.25, -0.2) is 0 Å². The van der Waals surface area contributed by atoms with Crippen LogP contribution >= 0.6 is 11.8 Å². The summed E-state index contributed by atoms with van der Waals surface area (Å²) in [7, 11) is 3.13. The standard InChI is InChI=1S/C20H20N2O5S/c1-4-26-19(23)17(13-8-6-5-7-9-13)28-20-22-21-18(27-20)15-11-10-14(24-2)12-16(15)25-3/h5-12,17H,4H2,1-3H3/t17-/m1/s1. The van der Waals surface area contributed by atoms with Crippen LogP contribution in [0.1, 0.15) is 17.7 Å². The van der Waals surface area contributed by atoms with E-state index >= 15 is 0 Å². The molecule has 0 unspecified atom stereocenters. The maximum atomic E-state index is 12.4. The van der Waals surface area contributed by atoms with E-state index in [-0.39, 0.29) is 17.1 Å². The number of esters is 1. The average molecular weight is 400 g/mol. The Morgan fingerprint density at radius 1 is 1.11 bits per heavy atom. The lowest BCUT2D eigenvalue weighted by Gasteiger charge is -2.13. The lowest BCUT2D eigenvalue weighted by Crippen LogP contribution is -2.13. The summed E-state index contributed by atoms with van der Waals surface area (Å²) in [6, 6.07) is 14.6. The second-order valence-corrected chi connectivity index (χ2v) is 6.66. The van der Waals surface area contributed by atoms with Gasteiger partial charge in [0.2, 0.25) is 0 Å². The van der Waals surface area contributed by atoms with E-state index < -0.39 is 5.25 Å². The van der Waals surface area contributed by atoms with Crippen molar-refractivity contribution < 1.29 is 23.4 Å². The van der Waals surface area contributed by atoms with Crippen molar-refractivity contribution in [1.29, 1.82) is 0 Å². The van der Waals surface area contributed by atoms with Gasteiger partial charge in [0.05, 0.1) is 26.4 Å². The first-order valence-electron chi connectivity index (χ1n) is 8.60. The molecule has 0 bridgehead atoms. The summed E-state index contributed by atoms with van der Waals surface area (Å²) in [5.41, 5.74) is 1.43. The molecule has 0 saturated heterocycles. The van der Waals surface area contributed by atoms with Gasteiger partial charge in [0.15, 0.2) is 0 Å². The zero-order valence-corrected chi connectivity index (χ0v) is 16.6. The van der Waals surface area contributed by atoms with E-state index in [0.29, 0.717) is 23.7 Å². The molecule has 0 fully saturated rings. The first kappa shape index (κ1) is 19.8. The van der Waals surface area contributed by atoms with Crippen LogP contribution in [-0.2, 0) is 9.53 Å². The molecule has 146 valence electrons. The van der Waals surface area contributed by atoms with Crippen molar-refractivity contribution in [3.63, 3.8) is 0 Å². The molecule has 1 atom stereocenters. The Kier molecular flexibility index (Phi) is 6.54. The van der Waals surface area contributed by atoms with Crippen molar-refractivity contribution in [1.82, 2.24) is 10.2 Å². The fraction of sp³-hybridized carbons (Fsp3) is 0.250. The van der Waals surface area contributed by atoms with Crippen molar-refractivity contribution in [2.75, 3.05) is 20.8 Å². The zero-order chi connectivity index (χ0) is 19.9. The Hall–Kier alpha value is -3.00. The first-order valence-corrected chi connectivity index (χ1v) is 9.48. The van der Waals surface area contributed by atoms with Gasteiger partial charge in [-0.3, -0.25) is 4.79 Å². The smallest absolute Gasteiger partial charge is 0.324 e. The first-order chi connectivity index (χ1) is 13.7. The van der Waals surface area contributed by atoms with Gasteiger partial charge in [0.1, 0.15) is 16.7 Å². The molecule has 1 aromatic heterocycles. The molecule has 0 aliphatic carbocycles. The van der Waals surface area contributed by atoms with Crippen LogP contribution in [0, 0.1) is 0 Å². The monoisotopic (exact) mass is 400 g/mol. The molecule has 2 aromatic carbocycles. The molecule has 3 rings (SSSR count). The fourth-order valence-corrected chi connectivity index (χ4v) is 3.41. The maximum Gasteiger partial charge on any atom is 0.324 e. The van der Waals surface area contributed by atoms with E-state index in [1.807, 2.05) is 30.3 Å². The van der Waals surface area contributed by atoms with Crippen LogP contribution in [0.25, 0.3) is 11.5 Å². The summed E-state index contributed by atoms with van der Waals surface area (Å²) in [4.78, 5) is 12.4. The van der Waals surface area contributed by atoms with Gasteiger partial charge in [-0.05, 0) is 36.4 Å². The highest BCUT2D eigenvalue weighted by molar-refractivity contribution is 8.00. The fourth-order valence-electron chi connectivity index (χ4n) is 2.54. The number of nitrogens with zero attached hydrogens (tertiary/aromatic N) is 2. The van der Waals surface area contributed by atoms with E-state index in [0.717, 1.165) is 17.3 Å². The van der Waals surface area contributed by atoms with E-state index in [1.165, 1.54) is 0 Å². The minimum absolute atomic E-state index is 0.259. The maximum absolute atomic E-state index is 12.4. The number of benzene rings is 2. The molecule has 0 spiro atoms. The average Bonchev–Trinajstić information content (AvgIpc) is 3.20. The minimum Gasteiger partial charge on any atom is -0.497 e. The predicted octanol–water partition coefficient (Wildman–Crippen LogP) is 4.15. The number of methoxy groups -OCH3 is 2. The van der Waals surface area contributed by atoms with E-state index in [4.69, 9.17) is 18.6 Å². The molecule has 0 aliphatic heterocycles. The Labute approximate surface area is 167 Å². The van der Waals surface area contributed by atoms with Gasteiger partial charge in [-0.1, -0.05) is 30.3 Å². The van der Waals surface area contributed by atoms with Crippen LogP contribution in [0.3, 0.4) is 0 Å². The third-order valence-corrected chi connectivity index (χ3v) is 4.93. The van der Waals surface area contributed by atoms with Gasteiger partial charge in [0.25, 0.3) is 11.1 Å². The largest absolute Gasteiger partial charge is 0.497 e. The van der Waals surface area contributed by atoms with Crippen LogP contribution < -0.4 is 9.47 Å². The number of hydrogen-bond donors (Lipinski definition) is 0. The summed E-state index contributed by atoms with van der Waals surface area (Å²) >= 11 is 1.15. The van der Waals surface area contributed by atoms with Gasteiger partial charge in [-0.15, -0.1) is 10.2 Å². The van der Waals surface area contributed by atoms with Crippen LogP contribution in [0.4, 0.5) is 0 Å². The topological polar surface area (TPSA) is 83.7 Å². The molecule has 7 nitrogen and oxygen atoms in total. The van der Waals surface area contributed by atoms with Gasteiger partial charge >= 0.3 is 5.97 Å². The zero-order valence-electron chi connectivity index (χ0n) is 15.7. The number of rotatable bonds is 8. The lowest BCUT2D eigenvalue weighted by atomic mass is 10.1. The normalized spacial score (nSPS) is 11.7. The van der Waals surface area contributed by atoms with Gasteiger partial charge in [0, 0.05) is 6.07 Å². The third-order valence-electron chi connectivity index (χ3n) is 3.87. The molecule has 8 heteroatoms. The molecule has 0 radical (unpaired) electrons. The quantitative estimate of drug-likeness (QED) is 0.412. The predicted molar refractivity (Wildman–Crippen MR) is 105 cm³/mol. The highest BCUT2D eigenvalue weighted by Gasteiger charge is 2.26. The minimum atomic E-state index is -0.604. The van der Waals surface area contributed by atoms with Gasteiger partial charge in [-0.2, -0.15) is 0 Å². The Balaban J connectivity index is 1.87. The van der Waals surface area contributed by atoms with Crippen molar-refractivity contribution in [2.24, 2.45) is 0 Å². The van der Waals surface area contributed by atoms with Crippen LogP contribution in [-0.4, -0.2) is 37.0 Å². The van der Waals surface area contributed by atoms with Gasteiger partial charge < -0.3 is 18.6 Å². The number of thioether (sulfide) groups is 1. The van der Waals surface area contributed by atoms with Crippen molar-refractivity contribution in [2.45, 2.75) is 17.4 Å². The summed E-state index contributed by atoms with van der Waals surface area (Å²) in [6.45, 7) is 2.06. The molecule has 0 aliphatic rings. The molecule has 0 amide bonds. The molecule has 1 heterocycles. The SMILES string of the molecule is CCOC(=O)[C@H](Sc1nnc(-c2ccc(OC)cc2OC)o1)c1ccccc1. The van der Waals surface area contributed by atoms with Crippen molar-refractivity contribution >= 4 is 17.7 Å². The summed E-state index contributed by atoms with van der Waals surface area (Å²) < 4.78 is 21.6. The van der Waals surface area contributed by atoms with Crippen LogP contribution in [0.2, 0.25) is 0 Å². The molecular formula is C20H20N2O5S. The Bertz CT molecular complexity index is 929. The van der Waals surface area contributed by atoms with E-state index in [1.54, 1.807) is 39.3 Å². The summed E-state index contributed by atoms with van der Waals surface area (Å²) in [6.07, 6.45) is 0. The van der Waals surface area contributed by atoms with Crippen LogP contribution in [0.15, 0.2) is 58.2 Å². The van der Waals surface area contributed by atoms with Crippen molar-refractivity contribution in [3.8, 4) is 23.0 Å². The summed E-state index contributed by atoms with van der Waals surface area (Å²) in [5.74, 6) is 1.13. The van der Waals surface area contributed by atoms with E-state index in [9.17, 15) is 4.79 Å². The highest BCUT2D eigenvalue weighted by Crippen LogP contribution is 2.38. The number of aromatic nitrogens is 2. The highest BCUT2D eigenvalue weighted by atomic mass is 32.2. The summed E-state index contributed by atoms with van der Waals surface area (Å²) in [5, 5.41) is 7.82. The molecule has 3 aromatic rings. The Morgan fingerprint density at radius 2 is 1.89 bits per heavy atom. The second-order valence-electron chi connectivity index (χ2n) is 5.60. The third kappa shape index (κ3) is 4.45. The molecule has 0 N–H and O–H groups in total. The molecular weight excluding hydrogens is 380 g/mol. The molecule has 0 saturated carbocycles. The number of ether oxygens (including phenoxy) is 3. The molecule has 28 heavy (non-hydrogen) atoms. The number of carbonyl (C=O) groups excluding carboxylic acids is 1. The second kappa shape index (κ2) is 9.27. The lowest BCUT2D eigenvalue weighted by molar-refractivity contribution is -0.142. The Morgan fingerprint density at radius 3 is 2.57 bits per heavy atom.